The molecule has 1 aliphatic rings. The average molecular weight is 307 g/mol. The second kappa shape index (κ2) is 9.77. The van der Waals surface area contributed by atoms with Gasteiger partial charge in [-0.05, 0) is 25.3 Å². The molecule has 0 aromatic carbocycles. The Labute approximate surface area is 131 Å². The van der Waals surface area contributed by atoms with Crippen LogP contribution in [0, 0.1) is 0 Å². The molecule has 1 atom stereocenters. The minimum atomic E-state index is 0.205. The quantitative estimate of drug-likeness (QED) is 0.489. The van der Waals surface area contributed by atoms with E-state index in [-0.39, 0.29) is 5.25 Å². The minimum absolute atomic E-state index is 0.205. The zero-order chi connectivity index (χ0) is 14.8. The third-order valence-corrected chi connectivity index (χ3v) is 5.15. The molecule has 4 nitrogen and oxygen atoms in total. The molecule has 0 radical (unpaired) electrons. The molecule has 0 spiro atoms. The van der Waals surface area contributed by atoms with Crippen molar-refractivity contribution in [2.45, 2.75) is 74.6 Å². The van der Waals surface area contributed by atoms with E-state index in [2.05, 4.69) is 15.1 Å². The topological polar surface area (TPSA) is 58.4 Å². The summed E-state index contributed by atoms with van der Waals surface area (Å²) in [6, 6.07) is 1.83. The smallest absolute Gasteiger partial charge is 0.188 e. The zero-order valence-corrected chi connectivity index (χ0v) is 13.4. The molecule has 1 aromatic heterocycles. The highest BCUT2D eigenvalue weighted by Gasteiger charge is 2.19. The maximum atomic E-state index is 9.38. The zero-order valence-electron chi connectivity index (χ0n) is 12.6. The summed E-state index contributed by atoms with van der Waals surface area (Å²) in [4.78, 5) is 8.57. The highest BCUT2D eigenvalue weighted by molar-refractivity contribution is 8.00. The molecule has 21 heavy (non-hydrogen) atoms. The Morgan fingerprint density at radius 1 is 0.952 bits per heavy atom. The number of oxime groups is 1. The average Bonchev–Trinajstić information content (AvgIpc) is 2.51. The Morgan fingerprint density at radius 2 is 1.57 bits per heavy atom. The van der Waals surface area contributed by atoms with Crippen molar-refractivity contribution in [1.82, 2.24) is 9.97 Å². The molecule has 1 fully saturated rings. The van der Waals surface area contributed by atoms with Crippen molar-refractivity contribution in [1.29, 1.82) is 0 Å². The van der Waals surface area contributed by atoms with Gasteiger partial charge in [0.25, 0.3) is 0 Å². The van der Waals surface area contributed by atoms with Crippen molar-refractivity contribution in [3.05, 3.63) is 18.5 Å². The van der Waals surface area contributed by atoms with Gasteiger partial charge in [0, 0.05) is 12.4 Å². The SMILES string of the molecule is O/N=C1\CCCCCCCCCC[C@H]1Sc1ncccn1. The molecular formula is C16H25N3OS. The summed E-state index contributed by atoms with van der Waals surface area (Å²) in [5.41, 5.74) is 0.910. The summed E-state index contributed by atoms with van der Waals surface area (Å²) in [6.07, 6.45) is 15.6. The van der Waals surface area contributed by atoms with Crippen LogP contribution >= 0.6 is 11.8 Å². The maximum Gasteiger partial charge on any atom is 0.188 e. The molecule has 0 unspecified atom stereocenters. The summed E-state index contributed by atoms with van der Waals surface area (Å²) in [7, 11) is 0. The van der Waals surface area contributed by atoms with E-state index in [0.717, 1.165) is 30.1 Å². The van der Waals surface area contributed by atoms with Crippen LogP contribution in [0.4, 0.5) is 0 Å². The van der Waals surface area contributed by atoms with Gasteiger partial charge in [0.15, 0.2) is 5.16 Å². The van der Waals surface area contributed by atoms with Crippen molar-refractivity contribution in [2.24, 2.45) is 5.16 Å². The van der Waals surface area contributed by atoms with Crippen molar-refractivity contribution < 1.29 is 5.21 Å². The summed E-state index contributed by atoms with van der Waals surface area (Å²) in [6.45, 7) is 0. The third kappa shape index (κ3) is 6.04. The molecule has 1 aromatic rings. The van der Waals surface area contributed by atoms with E-state index in [1.165, 1.54) is 44.9 Å². The van der Waals surface area contributed by atoms with Crippen molar-refractivity contribution in [3.63, 3.8) is 0 Å². The summed E-state index contributed by atoms with van der Waals surface area (Å²) in [5.74, 6) is 0. The lowest BCUT2D eigenvalue weighted by atomic mass is 9.99. The molecule has 5 heteroatoms. The predicted octanol–water partition coefficient (Wildman–Crippen LogP) is 4.68. The van der Waals surface area contributed by atoms with Crippen LogP contribution in [0.2, 0.25) is 0 Å². The second-order valence-corrected chi connectivity index (χ2v) is 6.77. The third-order valence-electron chi connectivity index (χ3n) is 3.94. The van der Waals surface area contributed by atoms with Crippen LogP contribution in [0.1, 0.15) is 64.2 Å². The fourth-order valence-corrected chi connectivity index (χ4v) is 3.82. The first kappa shape index (κ1) is 16.3. The predicted molar refractivity (Wildman–Crippen MR) is 87.1 cm³/mol. The number of aromatic nitrogens is 2. The van der Waals surface area contributed by atoms with E-state index >= 15 is 0 Å². The van der Waals surface area contributed by atoms with Crippen molar-refractivity contribution in [3.8, 4) is 0 Å². The summed E-state index contributed by atoms with van der Waals surface area (Å²) >= 11 is 1.63. The summed E-state index contributed by atoms with van der Waals surface area (Å²) < 4.78 is 0. The van der Waals surface area contributed by atoms with Crippen molar-refractivity contribution >= 4 is 17.5 Å². The van der Waals surface area contributed by atoms with Crippen LogP contribution < -0.4 is 0 Å². The van der Waals surface area contributed by atoms with Gasteiger partial charge in [-0.15, -0.1) is 0 Å². The highest BCUT2D eigenvalue weighted by Crippen LogP contribution is 2.27. The molecular weight excluding hydrogens is 282 g/mol. The lowest BCUT2D eigenvalue weighted by Crippen LogP contribution is -2.18. The Bertz CT molecular complexity index is 425. The van der Waals surface area contributed by atoms with E-state index in [4.69, 9.17) is 0 Å². The van der Waals surface area contributed by atoms with Crippen LogP contribution in [0.25, 0.3) is 0 Å². The van der Waals surface area contributed by atoms with E-state index in [1.807, 2.05) is 6.07 Å². The standard InChI is InChI=1S/C16H25N3OS/c20-19-14-10-7-5-3-1-2-4-6-8-11-15(14)21-16-17-12-9-13-18-16/h9,12-13,15,20H,1-8,10-11H2/b19-14+/t15-/m1/s1. The summed E-state index contributed by atoms with van der Waals surface area (Å²) in [5, 5.41) is 14.0. The first-order valence-electron chi connectivity index (χ1n) is 8.04. The van der Waals surface area contributed by atoms with Crippen molar-refractivity contribution in [2.75, 3.05) is 0 Å². The Hall–Kier alpha value is -1.10. The molecule has 2 rings (SSSR count). The fraction of sp³-hybridized carbons (Fsp3) is 0.688. The van der Waals surface area contributed by atoms with Gasteiger partial charge in [0.2, 0.25) is 0 Å². The first-order chi connectivity index (χ1) is 10.4. The molecule has 1 heterocycles. The lowest BCUT2D eigenvalue weighted by molar-refractivity contribution is 0.315. The highest BCUT2D eigenvalue weighted by atomic mass is 32.2. The molecule has 1 aliphatic carbocycles. The largest absolute Gasteiger partial charge is 0.411 e. The Morgan fingerprint density at radius 3 is 2.24 bits per heavy atom. The minimum Gasteiger partial charge on any atom is -0.411 e. The first-order valence-corrected chi connectivity index (χ1v) is 8.92. The lowest BCUT2D eigenvalue weighted by Gasteiger charge is -2.18. The molecule has 1 saturated carbocycles. The molecule has 0 amide bonds. The van der Waals surface area contributed by atoms with Gasteiger partial charge >= 0.3 is 0 Å². The number of hydrogen-bond donors (Lipinski definition) is 1. The van der Waals surface area contributed by atoms with E-state index in [0.29, 0.717) is 0 Å². The molecule has 1 N–H and O–H groups in total. The van der Waals surface area contributed by atoms with Crippen LogP contribution in [0.5, 0.6) is 0 Å². The van der Waals surface area contributed by atoms with Gasteiger partial charge < -0.3 is 5.21 Å². The second-order valence-electron chi connectivity index (χ2n) is 5.60. The fourth-order valence-electron chi connectivity index (χ4n) is 2.74. The van der Waals surface area contributed by atoms with Crippen LogP contribution in [-0.4, -0.2) is 26.1 Å². The van der Waals surface area contributed by atoms with Crippen LogP contribution in [0.15, 0.2) is 28.8 Å². The molecule has 116 valence electrons. The molecule has 0 bridgehead atoms. The van der Waals surface area contributed by atoms with E-state index < -0.39 is 0 Å². The number of thioether (sulfide) groups is 1. The van der Waals surface area contributed by atoms with E-state index in [1.54, 1.807) is 24.2 Å². The van der Waals surface area contributed by atoms with E-state index in [9.17, 15) is 5.21 Å². The Kier molecular flexibility index (Phi) is 7.57. The van der Waals surface area contributed by atoms with Crippen LogP contribution in [0.3, 0.4) is 0 Å². The number of hydrogen-bond acceptors (Lipinski definition) is 5. The molecule has 0 aliphatic heterocycles. The maximum absolute atomic E-state index is 9.38. The normalized spacial score (nSPS) is 24.2. The van der Waals surface area contributed by atoms with Gasteiger partial charge in [-0.2, -0.15) is 0 Å². The Balaban J connectivity index is 2.00. The number of nitrogens with zero attached hydrogens (tertiary/aromatic N) is 3. The van der Waals surface area contributed by atoms with Gasteiger partial charge in [-0.1, -0.05) is 61.9 Å². The van der Waals surface area contributed by atoms with Crippen LogP contribution in [-0.2, 0) is 0 Å². The van der Waals surface area contributed by atoms with Gasteiger partial charge in [0.05, 0.1) is 11.0 Å². The van der Waals surface area contributed by atoms with Gasteiger partial charge in [-0.25, -0.2) is 9.97 Å². The monoisotopic (exact) mass is 307 g/mol. The molecule has 0 saturated heterocycles. The van der Waals surface area contributed by atoms with Gasteiger partial charge in [-0.3, -0.25) is 0 Å². The van der Waals surface area contributed by atoms with Gasteiger partial charge in [0.1, 0.15) is 0 Å². The number of rotatable bonds is 2.